The molecule has 0 spiro atoms. The molecule has 0 saturated carbocycles. The minimum absolute atomic E-state index is 0.609. The van der Waals surface area contributed by atoms with Crippen LogP contribution in [0.3, 0.4) is 0 Å². The Kier molecular flexibility index (Phi) is 3.49. The van der Waals surface area contributed by atoms with Gasteiger partial charge in [-0.2, -0.15) is 0 Å². The first-order chi connectivity index (χ1) is 8.17. The summed E-state index contributed by atoms with van der Waals surface area (Å²) in [5, 5.41) is 0. The van der Waals surface area contributed by atoms with Crippen LogP contribution in [0.5, 0.6) is 5.88 Å². The molecule has 0 atom stereocenters. The summed E-state index contributed by atoms with van der Waals surface area (Å²) in [5.41, 5.74) is 2.08. The summed E-state index contributed by atoms with van der Waals surface area (Å²) < 4.78 is 5.62. The van der Waals surface area contributed by atoms with Gasteiger partial charge in [0.05, 0.1) is 7.11 Å². The van der Waals surface area contributed by atoms with Crippen LogP contribution in [0.1, 0.15) is 17.1 Å². The van der Waals surface area contributed by atoms with Crippen molar-refractivity contribution >= 4 is 12.2 Å². The van der Waals surface area contributed by atoms with Gasteiger partial charge in [0.25, 0.3) is 0 Å². The number of aromatic amines is 1. The van der Waals surface area contributed by atoms with Crippen LogP contribution in [0, 0.1) is 11.6 Å². The van der Waals surface area contributed by atoms with Gasteiger partial charge >= 0.3 is 0 Å². The lowest BCUT2D eigenvalue weighted by Crippen LogP contribution is -1.99. The molecule has 0 aliphatic heterocycles. The minimum atomic E-state index is 0.609. The number of H-pyrrole nitrogens is 1. The van der Waals surface area contributed by atoms with E-state index in [-0.39, 0.29) is 0 Å². The Labute approximate surface area is 105 Å². The lowest BCUT2D eigenvalue weighted by molar-refractivity contribution is 0.397. The fourth-order valence-electron chi connectivity index (χ4n) is 1.56. The first kappa shape index (κ1) is 11.7. The topological polar surface area (TPSA) is 50.8 Å². The first-order valence-electron chi connectivity index (χ1n) is 5.23. The van der Waals surface area contributed by atoms with E-state index in [9.17, 15) is 0 Å². The normalized spacial score (nSPS) is 10.2. The molecule has 0 aliphatic rings. The van der Waals surface area contributed by atoms with Gasteiger partial charge in [0.15, 0.2) is 0 Å². The number of aromatic nitrogens is 3. The third-order valence-corrected chi connectivity index (χ3v) is 2.51. The maximum absolute atomic E-state index is 5.08. The van der Waals surface area contributed by atoms with E-state index >= 15 is 0 Å². The first-order valence-corrected chi connectivity index (χ1v) is 5.64. The molecule has 0 unspecified atom stereocenters. The fourth-order valence-corrected chi connectivity index (χ4v) is 1.84. The van der Waals surface area contributed by atoms with E-state index in [0.717, 1.165) is 17.1 Å². The number of ether oxygens (including phenoxy) is 1. The molecule has 5 heteroatoms. The summed E-state index contributed by atoms with van der Waals surface area (Å²) in [7, 11) is 1.60. The number of hydrogen-bond acceptors (Lipinski definition) is 4. The largest absolute Gasteiger partial charge is 0.481 e. The van der Waals surface area contributed by atoms with E-state index in [4.69, 9.17) is 17.0 Å². The van der Waals surface area contributed by atoms with Gasteiger partial charge in [0, 0.05) is 24.4 Å². The van der Waals surface area contributed by atoms with Gasteiger partial charge in [0.2, 0.25) is 5.88 Å². The fraction of sp³-hybridized carbons (Fsp3) is 0.250. The molecule has 88 valence electrons. The van der Waals surface area contributed by atoms with Crippen LogP contribution in [-0.2, 0) is 6.42 Å². The van der Waals surface area contributed by atoms with Crippen LogP contribution >= 0.6 is 12.2 Å². The van der Waals surface area contributed by atoms with E-state index < -0.39 is 0 Å². The molecule has 0 saturated heterocycles. The number of nitrogens with one attached hydrogen (secondary N) is 1. The summed E-state index contributed by atoms with van der Waals surface area (Å²) in [4.78, 5) is 11.6. The maximum Gasteiger partial charge on any atom is 0.212 e. The highest BCUT2D eigenvalue weighted by molar-refractivity contribution is 7.71. The molecule has 0 aromatic carbocycles. The highest BCUT2D eigenvalue weighted by Gasteiger charge is 2.00. The molecule has 0 radical (unpaired) electrons. The van der Waals surface area contributed by atoms with Crippen LogP contribution in [0.25, 0.3) is 0 Å². The average molecular weight is 247 g/mol. The third kappa shape index (κ3) is 3.10. The molecule has 2 heterocycles. The molecule has 0 aliphatic carbocycles. The van der Waals surface area contributed by atoms with Crippen molar-refractivity contribution in [3.05, 3.63) is 46.1 Å². The van der Waals surface area contributed by atoms with Crippen molar-refractivity contribution in [1.29, 1.82) is 0 Å². The number of methoxy groups -OCH3 is 1. The average Bonchev–Trinajstić information content (AvgIpc) is 2.28. The molecule has 17 heavy (non-hydrogen) atoms. The van der Waals surface area contributed by atoms with Gasteiger partial charge in [-0.15, -0.1) is 0 Å². The number of aryl methyl sites for hydroxylation is 1. The summed E-state index contributed by atoms with van der Waals surface area (Å²) in [6.45, 7) is 1.97. The van der Waals surface area contributed by atoms with E-state index in [1.807, 2.05) is 25.1 Å². The molecular weight excluding hydrogens is 234 g/mol. The zero-order valence-electron chi connectivity index (χ0n) is 9.73. The standard InChI is InChI=1S/C12H13N3OS/c1-8-5-12(17)15-10(14-8)6-9-3-4-11(16-2)13-7-9/h3-5,7H,6H2,1-2H3,(H,14,15,17). The van der Waals surface area contributed by atoms with Crippen LogP contribution in [0.4, 0.5) is 0 Å². The smallest absolute Gasteiger partial charge is 0.212 e. The molecule has 2 rings (SSSR count). The monoisotopic (exact) mass is 247 g/mol. The van der Waals surface area contributed by atoms with Crippen molar-refractivity contribution in [2.24, 2.45) is 0 Å². The van der Waals surface area contributed by atoms with Gasteiger partial charge < -0.3 is 9.72 Å². The van der Waals surface area contributed by atoms with E-state index in [2.05, 4.69) is 15.0 Å². The molecule has 2 aromatic heterocycles. The maximum atomic E-state index is 5.08. The van der Waals surface area contributed by atoms with Crippen molar-refractivity contribution in [2.45, 2.75) is 13.3 Å². The second-order valence-corrected chi connectivity index (χ2v) is 4.15. The van der Waals surface area contributed by atoms with Crippen molar-refractivity contribution in [1.82, 2.24) is 15.0 Å². The lowest BCUT2D eigenvalue weighted by Gasteiger charge is -2.04. The van der Waals surface area contributed by atoms with Crippen molar-refractivity contribution < 1.29 is 4.74 Å². The molecule has 1 N–H and O–H groups in total. The molecule has 0 fully saturated rings. The predicted octanol–water partition coefficient (Wildman–Crippen LogP) is 2.44. The Bertz CT molecular complexity index is 563. The van der Waals surface area contributed by atoms with E-state index in [0.29, 0.717) is 16.9 Å². The van der Waals surface area contributed by atoms with Gasteiger partial charge in [0.1, 0.15) is 10.5 Å². The summed E-state index contributed by atoms with van der Waals surface area (Å²) in [6.07, 6.45) is 2.46. The van der Waals surface area contributed by atoms with E-state index in [1.54, 1.807) is 13.3 Å². The van der Waals surface area contributed by atoms with Crippen LogP contribution in [-0.4, -0.2) is 22.1 Å². The highest BCUT2D eigenvalue weighted by atomic mass is 32.1. The zero-order valence-corrected chi connectivity index (χ0v) is 10.5. The minimum Gasteiger partial charge on any atom is -0.481 e. The summed E-state index contributed by atoms with van der Waals surface area (Å²) in [5.74, 6) is 1.46. The number of hydrogen-bond donors (Lipinski definition) is 1. The van der Waals surface area contributed by atoms with Crippen LogP contribution < -0.4 is 4.74 Å². The van der Waals surface area contributed by atoms with Crippen LogP contribution in [0.2, 0.25) is 0 Å². The highest BCUT2D eigenvalue weighted by Crippen LogP contribution is 2.09. The van der Waals surface area contributed by atoms with Gasteiger partial charge in [-0.3, -0.25) is 0 Å². The summed E-state index contributed by atoms with van der Waals surface area (Å²) >= 11 is 5.08. The molecule has 4 nitrogen and oxygen atoms in total. The molecule has 2 aromatic rings. The lowest BCUT2D eigenvalue weighted by atomic mass is 10.2. The van der Waals surface area contributed by atoms with Gasteiger partial charge in [-0.1, -0.05) is 18.3 Å². The SMILES string of the molecule is COc1ccc(Cc2nc(=S)cc(C)[nH]2)cn1. The molecular formula is C12H13N3OS. The molecule has 0 amide bonds. The second kappa shape index (κ2) is 5.05. The Balaban J connectivity index is 2.22. The summed E-state index contributed by atoms with van der Waals surface area (Å²) in [6, 6.07) is 5.64. The third-order valence-electron chi connectivity index (χ3n) is 2.30. The van der Waals surface area contributed by atoms with Gasteiger partial charge in [-0.05, 0) is 18.6 Å². The predicted molar refractivity (Wildman–Crippen MR) is 67.8 cm³/mol. The molecule has 0 bridgehead atoms. The Hall–Kier alpha value is -1.75. The Morgan fingerprint density at radius 3 is 2.82 bits per heavy atom. The quantitative estimate of drug-likeness (QED) is 0.846. The van der Waals surface area contributed by atoms with Crippen molar-refractivity contribution in [3.63, 3.8) is 0 Å². The van der Waals surface area contributed by atoms with Crippen molar-refractivity contribution in [3.8, 4) is 5.88 Å². The Morgan fingerprint density at radius 1 is 1.41 bits per heavy atom. The van der Waals surface area contributed by atoms with Gasteiger partial charge in [-0.25, -0.2) is 9.97 Å². The van der Waals surface area contributed by atoms with E-state index in [1.165, 1.54) is 0 Å². The van der Waals surface area contributed by atoms with Crippen LogP contribution in [0.15, 0.2) is 24.4 Å². The second-order valence-electron chi connectivity index (χ2n) is 3.73. The Morgan fingerprint density at radius 2 is 2.24 bits per heavy atom. The number of nitrogens with zero attached hydrogens (tertiary/aromatic N) is 2. The van der Waals surface area contributed by atoms with Crippen molar-refractivity contribution in [2.75, 3.05) is 7.11 Å². The zero-order chi connectivity index (χ0) is 12.3. The number of pyridine rings is 1. The number of rotatable bonds is 3.